The van der Waals surface area contributed by atoms with Gasteiger partial charge in [0.1, 0.15) is 11.6 Å². The van der Waals surface area contributed by atoms with Crippen molar-refractivity contribution in [2.24, 2.45) is 0 Å². The summed E-state index contributed by atoms with van der Waals surface area (Å²) in [6.45, 7) is 3.08. The molecule has 0 saturated carbocycles. The van der Waals surface area contributed by atoms with Crippen molar-refractivity contribution in [3.05, 3.63) is 80.9 Å². The van der Waals surface area contributed by atoms with Gasteiger partial charge in [0, 0.05) is 6.54 Å². The van der Waals surface area contributed by atoms with Crippen LogP contribution in [0.15, 0.2) is 47.3 Å². The highest BCUT2D eigenvalue weighted by Gasteiger charge is 2.30. The quantitative estimate of drug-likeness (QED) is 0.421. The van der Waals surface area contributed by atoms with Crippen LogP contribution in [0.1, 0.15) is 40.4 Å². The highest BCUT2D eigenvalue weighted by molar-refractivity contribution is 6.03. The number of Topliss-reactive ketones (excluding diaryl/α,β-unsaturated/α-hetero) is 1. The number of hydrogen-bond donors (Lipinski definition) is 1. The lowest BCUT2D eigenvalue weighted by Gasteiger charge is -2.20. The number of para-hydroxylation sites is 1. The van der Waals surface area contributed by atoms with Crippen molar-refractivity contribution in [2.75, 3.05) is 14.2 Å². The average molecular weight is 495 g/mol. The third-order valence-electron chi connectivity index (χ3n) is 5.89. The minimum Gasteiger partial charge on any atom is -0.494 e. The predicted octanol–water partition coefficient (Wildman–Crippen LogP) is 4.17. The Hall–Kier alpha value is -4.32. The minimum atomic E-state index is -1.14. The first-order valence-corrected chi connectivity index (χ1v) is 11.3. The first-order chi connectivity index (χ1) is 17.3. The molecule has 0 fully saturated rings. The standard InChI is InChI=1S/C27H27FN2O6/c1-5-20(36-21-9-7-6-8-19(21)28)25(31)24-16(2)18(15-29)26(32)30(27(24)33)13-12-17-10-11-22(34-3)23(14-17)35-4/h6-11,14,20,33H,5,12-13H2,1-4H3. The first kappa shape index (κ1) is 26.3. The van der Waals surface area contributed by atoms with Crippen molar-refractivity contribution in [1.82, 2.24) is 4.57 Å². The SMILES string of the molecule is CCC(Oc1ccccc1F)C(=O)c1c(C)c(C#N)c(=O)n(CCc2ccc(OC)c(OC)c2)c1O. The van der Waals surface area contributed by atoms with Crippen molar-refractivity contribution < 1.29 is 28.5 Å². The zero-order valence-electron chi connectivity index (χ0n) is 20.5. The fraction of sp³-hybridized carbons (Fsp3) is 0.296. The molecule has 0 aliphatic carbocycles. The van der Waals surface area contributed by atoms with Crippen LogP contribution in [0.25, 0.3) is 0 Å². The van der Waals surface area contributed by atoms with Gasteiger partial charge in [-0.2, -0.15) is 5.26 Å². The maximum Gasteiger partial charge on any atom is 0.271 e. The Labute approximate surface area is 208 Å². The Balaban J connectivity index is 2.00. The Bertz CT molecular complexity index is 1380. The molecule has 188 valence electrons. The topological polar surface area (TPSA) is 111 Å². The largest absolute Gasteiger partial charge is 0.494 e. The summed E-state index contributed by atoms with van der Waals surface area (Å²) in [7, 11) is 3.02. The van der Waals surface area contributed by atoms with Crippen LogP contribution in [0, 0.1) is 24.1 Å². The molecule has 0 amide bonds. The van der Waals surface area contributed by atoms with Gasteiger partial charge in [0.2, 0.25) is 11.7 Å². The summed E-state index contributed by atoms with van der Waals surface area (Å²) >= 11 is 0. The molecule has 1 unspecified atom stereocenters. The maximum absolute atomic E-state index is 14.1. The van der Waals surface area contributed by atoms with Crippen LogP contribution in [-0.2, 0) is 13.0 Å². The highest BCUT2D eigenvalue weighted by Crippen LogP contribution is 2.29. The molecule has 1 atom stereocenters. The van der Waals surface area contributed by atoms with Crippen LogP contribution in [0.5, 0.6) is 23.1 Å². The van der Waals surface area contributed by atoms with Crippen LogP contribution >= 0.6 is 0 Å². The normalized spacial score (nSPS) is 11.4. The fourth-order valence-electron chi connectivity index (χ4n) is 3.91. The fourth-order valence-corrected chi connectivity index (χ4v) is 3.91. The summed E-state index contributed by atoms with van der Waals surface area (Å²) < 4.78 is 31.3. The van der Waals surface area contributed by atoms with E-state index in [1.807, 2.05) is 6.07 Å². The number of pyridine rings is 1. The van der Waals surface area contributed by atoms with Crippen molar-refractivity contribution in [1.29, 1.82) is 5.26 Å². The summed E-state index contributed by atoms with van der Waals surface area (Å²) in [5, 5.41) is 20.7. The molecule has 0 spiro atoms. The maximum atomic E-state index is 14.1. The molecule has 0 bridgehead atoms. The minimum absolute atomic E-state index is 0.0135. The summed E-state index contributed by atoms with van der Waals surface area (Å²) in [4.78, 5) is 26.4. The van der Waals surface area contributed by atoms with Crippen molar-refractivity contribution in [2.45, 2.75) is 39.3 Å². The van der Waals surface area contributed by atoms with E-state index in [4.69, 9.17) is 14.2 Å². The van der Waals surface area contributed by atoms with Crippen molar-refractivity contribution in [3.63, 3.8) is 0 Å². The van der Waals surface area contributed by atoms with Gasteiger partial charge in [-0.3, -0.25) is 14.2 Å². The number of nitrogens with zero attached hydrogens (tertiary/aromatic N) is 2. The molecule has 3 rings (SSSR count). The second kappa shape index (κ2) is 11.4. The smallest absolute Gasteiger partial charge is 0.271 e. The number of carbonyl (C=O) groups is 1. The van der Waals surface area contributed by atoms with E-state index in [1.165, 1.54) is 39.3 Å². The second-order valence-corrected chi connectivity index (χ2v) is 8.02. The van der Waals surface area contributed by atoms with E-state index in [0.717, 1.165) is 10.1 Å². The lowest BCUT2D eigenvalue weighted by Crippen LogP contribution is -2.32. The predicted molar refractivity (Wildman–Crippen MR) is 131 cm³/mol. The second-order valence-electron chi connectivity index (χ2n) is 8.02. The van der Waals surface area contributed by atoms with Gasteiger partial charge in [-0.25, -0.2) is 4.39 Å². The third-order valence-corrected chi connectivity index (χ3v) is 5.89. The van der Waals surface area contributed by atoms with Gasteiger partial charge < -0.3 is 19.3 Å². The van der Waals surface area contributed by atoms with Gasteiger partial charge in [0.15, 0.2) is 29.2 Å². The van der Waals surface area contributed by atoms with Crippen molar-refractivity contribution in [3.8, 4) is 29.2 Å². The molecule has 0 aliphatic rings. The molecule has 0 saturated heterocycles. The lowest BCUT2D eigenvalue weighted by molar-refractivity contribution is 0.0774. The molecule has 8 nitrogen and oxygen atoms in total. The van der Waals surface area contributed by atoms with Gasteiger partial charge >= 0.3 is 0 Å². The summed E-state index contributed by atoms with van der Waals surface area (Å²) in [5.41, 5.74) is -0.360. The molecule has 0 radical (unpaired) electrons. The highest BCUT2D eigenvalue weighted by atomic mass is 19.1. The molecule has 36 heavy (non-hydrogen) atoms. The van der Waals surface area contributed by atoms with Crippen LogP contribution in [-0.4, -0.2) is 35.8 Å². The molecule has 9 heteroatoms. The number of methoxy groups -OCH3 is 2. The van der Waals surface area contributed by atoms with Gasteiger partial charge in [0.05, 0.1) is 19.8 Å². The summed E-state index contributed by atoms with van der Waals surface area (Å²) in [5.74, 6) is -0.944. The summed E-state index contributed by atoms with van der Waals surface area (Å²) in [6.07, 6.45) is -0.688. The number of carbonyl (C=O) groups excluding carboxylic acids is 1. The number of rotatable bonds is 10. The number of nitriles is 1. The summed E-state index contributed by atoms with van der Waals surface area (Å²) in [6, 6.07) is 12.7. The van der Waals surface area contributed by atoms with Gasteiger partial charge in [-0.1, -0.05) is 25.1 Å². The molecule has 1 heterocycles. The van der Waals surface area contributed by atoms with E-state index in [0.29, 0.717) is 11.5 Å². The number of ether oxygens (including phenoxy) is 3. The Morgan fingerprint density at radius 3 is 2.44 bits per heavy atom. The van der Waals surface area contributed by atoms with E-state index in [1.54, 1.807) is 31.2 Å². The monoisotopic (exact) mass is 494 g/mol. The van der Waals surface area contributed by atoms with E-state index >= 15 is 0 Å². The Kier molecular flexibility index (Phi) is 8.33. The Morgan fingerprint density at radius 2 is 1.83 bits per heavy atom. The van der Waals surface area contributed by atoms with Gasteiger partial charge in [-0.05, 0) is 55.2 Å². The van der Waals surface area contributed by atoms with Crippen LogP contribution < -0.4 is 19.8 Å². The molecule has 1 N–H and O–H groups in total. The number of aromatic hydroxyl groups is 1. The number of hydrogen-bond acceptors (Lipinski definition) is 7. The molecule has 1 aromatic heterocycles. The van der Waals surface area contributed by atoms with E-state index in [9.17, 15) is 24.3 Å². The van der Waals surface area contributed by atoms with Gasteiger partial charge in [-0.15, -0.1) is 0 Å². The van der Waals surface area contributed by atoms with Crippen LogP contribution in [0.3, 0.4) is 0 Å². The molecular weight excluding hydrogens is 467 g/mol. The van der Waals surface area contributed by atoms with Crippen molar-refractivity contribution >= 4 is 5.78 Å². The molecule has 2 aromatic carbocycles. The number of aryl methyl sites for hydroxylation is 1. The molecule has 0 aliphatic heterocycles. The number of benzene rings is 2. The van der Waals surface area contributed by atoms with E-state index in [2.05, 4.69) is 0 Å². The molecule has 3 aromatic rings. The number of halogens is 1. The average Bonchev–Trinajstić information content (AvgIpc) is 2.88. The number of ketones is 1. The Morgan fingerprint density at radius 1 is 1.14 bits per heavy atom. The third kappa shape index (κ3) is 5.18. The first-order valence-electron chi connectivity index (χ1n) is 11.3. The van der Waals surface area contributed by atoms with E-state index in [-0.39, 0.29) is 41.8 Å². The van der Waals surface area contributed by atoms with Crippen LogP contribution in [0.4, 0.5) is 4.39 Å². The van der Waals surface area contributed by atoms with Gasteiger partial charge in [0.25, 0.3) is 5.56 Å². The van der Waals surface area contributed by atoms with Crippen LogP contribution in [0.2, 0.25) is 0 Å². The lowest BCUT2D eigenvalue weighted by atomic mass is 9.97. The zero-order valence-corrected chi connectivity index (χ0v) is 20.5. The molecular formula is C27H27FN2O6. The number of aromatic nitrogens is 1. The zero-order chi connectivity index (χ0) is 26.4. The van der Waals surface area contributed by atoms with E-state index < -0.39 is 29.1 Å².